The molecule has 1 unspecified atom stereocenters. The summed E-state index contributed by atoms with van der Waals surface area (Å²) in [6, 6.07) is 18.4. The first-order valence-electron chi connectivity index (χ1n) is 7.55. The zero-order chi connectivity index (χ0) is 16.8. The van der Waals surface area contributed by atoms with Gasteiger partial charge in [0.2, 0.25) is 5.88 Å². The molecule has 0 aliphatic carbocycles. The van der Waals surface area contributed by atoms with Crippen molar-refractivity contribution in [2.75, 3.05) is 7.11 Å². The molecule has 5 heteroatoms. The van der Waals surface area contributed by atoms with Crippen LogP contribution in [0.5, 0.6) is 5.88 Å². The Bertz CT molecular complexity index is 768. The van der Waals surface area contributed by atoms with Crippen molar-refractivity contribution >= 4 is 5.91 Å². The minimum atomic E-state index is -0.357. The number of rotatable bonds is 5. The van der Waals surface area contributed by atoms with Crippen molar-refractivity contribution in [3.05, 3.63) is 89.9 Å². The van der Waals surface area contributed by atoms with E-state index in [4.69, 9.17) is 4.74 Å². The zero-order valence-electron chi connectivity index (χ0n) is 13.2. The lowest BCUT2D eigenvalue weighted by Gasteiger charge is -2.19. The molecule has 2 aromatic heterocycles. The number of hydrogen-bond donors (Lipinski definition) is 1. The summed E-state index contributed by atoms with van der Waals surface area (Å²) in [7, 11) is 1.49. The molecule has 24 heavy (non-hydrogen) atoms. The van der Waals surface area contributed by atoms with Crippen LogP contribution in [0.15, 0.2) is 73.1 Å². The Morgan fingerprint density at radius 3 is 2.42 bits per heavy atom. The highest BCUT2D eigenvalue weighted by atomic mass is 16.5. The van der Waals surface area contributed by atoms with Gasteiger partial charge < -0.3 is 10.1 Å². The van der Waals surface area contributed by atoms with Gasteiger partial charge in [0.05, 0.1) is 18.8 Å². The fourth-order valence-corrected chi connectivity index (χ4v) is 2.46. The van der Waals surface area contributed by atoms with E-state index in [1.807, 2.05) is 48.5 Å². The Morgan fingerprint density at radius 1 is 0.958 bits per heavy atom. The maximum Gasteiger partial charge on any atom is 0.257 e. The Hall–Kier alpha value is -3.21. The molecular weight excluding hydrogens is 302 g/mol. The minimum Gasteiger partial charge on any atom is -0.480 e. The predicted molar refractivity (Wildman–Crippen MR) is 90.8 cm³/mol. The van der Waals surface area contributed by atoms with Crippen LogP contribution in [-0.2, 0) is 0 Å². The largest absolute Gasteiger partial charge is 0.480 e. The van der Waals surface area contributed by atoms with Crippen LogP contribution in [0, 0.1) is 0 Å². The van der Waals surface area contributed by atoms with Gasteiger partial charge in [-0.3, -0.25) is 9.78 Å². The smallest absolute Gasteiger partial charge is 0.257 e. The van der Waals surface area contributed by atoms with Gasteiger partial charge in [-0.25, -0.2) is 4.98 Å². The van der Waals surface area contributed by atoms with Crippen LogP contribution in [0.1, 0.15) is 27.7 Å². The van der Waals surface area contributed by atoms with Crippen LogP contribution < -0.4 is 10.1 Å². The van der Waals surface area contributed by atoms with Crippen molar-refractivity contribution in [1.29, 1.82) is 0 Å². The highest BCUT2D eigenvalue weighted by molar-refractivity contribution is 5.96. The van der Waals surface area contributed by atoms with Gasteiger partial charge in [-0.2, -0.15) is 0 Å². The van der Waals surface area contributed by atoms with Gasteiger partial charge in [0, 0.05) is 12.4 Å². The summed E-state index contributed by atoms with van der Waals surface area (Å²) in [6.45, 7) is 0. The van der Waals surface area contributed by atoms with Crippen molar-refractivity contribution in [2.24, 2.45) is 0 Å². The molecule has 3 aromatic rings. The maximum atomic E-state index is 12.7. The molecule has 0 spiro atoms. The molecule has 1 atom stereocenters. The quantitative estimate of drug-likeness (QED) is 0.785. The fraction of sp³-hybridized carbons (Fsp3) is 0.105. The number of ether oxygens (including phenoxy) is 1. The topological polar surface area (TPSA) is 64.1 Å². The molecule has 120 valence electrons. The Kier molecular flexibility index (Phi) is 4.81. The second kappa shape index (κ2) is 7.37. The van der Waals surface area contributed by atoms with Crippen LogP contribution in [0.4, 0.5) is 0 Å². The van der Waals surface area contributed by atoms with E-state index in [0.717, 1.165) is 11.3 Å². The third-order valence-electron chi connectivity index (χ3n) is 3.60. The van der Waals surface area contributed by atoms with E-state index in [2.05, 4.69) is 15.3 Å². The first kappa shape index (κ1) is 15.7. The van der Waals surface area contributed by atoms with Gasteiger partial charge in [-0.1, -0.05) is 36.4 Å². The maximum absolute atomic E-state index is 12.7. The van der Waals surface area contributed by atoms with Crippen molar-refractivity contribution < 1.29 is 9.53 Å². The highest BCUT2D eigenvalue weighted by Crippen LogP contribution is 2.22. The number of carbonyl (C=O) groups excluding carboxylic acids is 1. The number of nitrogens with one attached hydrogen (secondary N) is 1. The standard InChI is InChI=1S/C19H17N3O2/c1-24-19-15(10-7-13-21-19)18(23)22-17(14-8-3-2-4-9-14)16-11-5-6-12-20-16/h2-13,17H,1H3,(H,22,23). The summed E-state index contributed by atoms with van der Waals surface area (Å²) < 4.78 is 5.17. The third-order valence-corrected chi connectivity index (χ3v) is 3.60. The van der Waals surface area contributed by atoms with Crippen molar-refractivity contribution in [1.82, 2.24) is 15.3 Å². The lowest BCUT2D eigenvalue weighted by atomic mass is 10.0. The van der Waals surface area contributed by atoms with Crippen LogP contribution in [0.25, 0.3) is 0 Å². The molecule has 1 N–H and O–H groups in total. The van der Waals surface area contributed by atoms with Gasteiger partial charge in [0.15, 0.2) is 0 Å². The summed E-state index contributed by atoms with van der Waals surface area (Å²) in [4.78, 5) is 21.2. The molecule has 3 rings (SSSR count). The monoisotopic (exact) mass is 319 g/mol. The highest BCUT2D eigenvalue weighted by Gasteiger charge is 2.21. The SMILES string of the molecule is COc1ncccc1C(=O)NC(c1ccccc1)c1ccccn1. The molecule has 0 aliphatic rings. The molecule has 0 fully saturated rings. The van der Waals surface area contributed by atoms with Gasteiger partial charge >= 0.3 is 0 Å². The molecule has 0 saturated carbocycles. The summed E-state index contributed by atoms with van der Waals surface area (Å²) in [6.07, 6.45) is 3.30. The number of hydrogen-bond acceptors (Lipinski definition) is 4. The van der Waals surface area contributed by atoms with Crippen molar-refractivity contribution in [3.63, 3.8) is 0 Å². The number of pyridine rings is 2. The van der Waals surface area contributed by atoms with Crippen LogP contribution in [0.2, 0.25) is 0 Å². The second-order valence-corrected chi connectivity index (χ2v) is 5.13. The number of carbonyl (C=O) groups is 1. The third kappa shape index (κ3) is 3.41. The van der Waals surface area contributed by atoms with E-state index >= 15 is 0 Å². The molecule has 1 aromatic carbocycles. The van der Waals surface area contributed by atoms with Crippen LogP contribution in [-0.4, -0.2) is 23.0 Å². The van der Waals surface area contributed by atoms with E-state index in [-0.39, 0.29) is 11.9 Å². The molecular formula is C19H17N3O2. The molecule has 0 aliphatic heterocycles. The summed E-state index contributed by atoms with van der Waals surface area (Å²) in [5.41, 5.74) is 2.10. The van der Waals surface area contributed by atoms with Gasteiger partial charge in [-0.05, 0) is 29.8 Å². The number of amides is 1. The first-order valence-corrected chi connectivity index (χ1v) is 7.55. The van der Waals surface area contributed by atoms with Crippen molar-refractivity contribution in [3.8, 4) is 5.88 Å². The molecule has 0 radical (unpaired) electrons. The van der Waals surface area contributed by atoms with Gasteiger partial charge in [0.25, 0.3) is 5.91 Å². The number of benzene rings is 1. The molecule has 0 saturated heterocycles. The summed E-state index contributed by atoms with van der Waals surface area (Å²) in [5.74, 6) is 0.0299. The summed E-state index contributed by atoms with van der Waals surface area (Å²) in [5, 5.41) is 3.02. The van der Waals surface area contributed by atoms with E-state index in [9.17, 15) is 4.79 Å². The lowest BCUT2D eigenvalue weighted by molar-refractivity contribution is 0.0938. The number of nitrogens with zero attached hydrogens (tertiary/aromatic N) is 2. The number of aromatic nitrogens is 2. The number of methoxy groups -OCH3 is 1. The average molecular weight is 319 g/mol. The second-order valence-electron chi connectivity index (χ2n) is 5.13. The molecule has 0 bridgehead atoms. The Labute approximate surface area is 140 Å². The Morgan fingerprint density at radius 2 is 1.71 bits per heavy atom. The first-order chi connectivity index (χ1) is 11.8. The molecule has 2 heterocycles. The Balaban J connectivity index is 1.94. The van der Waals surface area contributed by atoms with Gasteiger partial charge in [0.1, 0.15) is 5.56 Å². The van der Waals surface area contributed by atoms with Gasteiger partial charge in [-0.15, -0.1) is 0 Å². The lowest BCUT2D eigenvalue weighted by Crippen LogP contribution is -2.30. The van der Waals surface area contributed by atoms with E-state index < -0.39 is 0 Å². The molecule has 5 nitrogen and oxygen atoms in total. The predicted octanol–water partition coefficient (Wildman–Crippen LogP) is 3.00. The molecule has 1 amide bonds. The van der Waals surface area contributed by atoms with E-state index in [0.29, 0.717) is 11.4 Å². The fourth-order valence-electron chi connectivity index (χ4n) is 2.46. The summed E-state index contributed by atoms with van der Waals surface area (Å²) >= 11 is 0. The average Bonchev–Trinajstić information content (AvgIpc) is 2.67. The van der Waals surface area contributed by atoms with E-state index in [1.165, 1.54) is 7.11 Å². The minimum absolute atomic E-state index is 0.264. The zero-order valence-corrected chi connectivity index (χ0v) is 13.2. The van der Waals surface area contributed by atoms with Crippen molar-refractivity contribution in [2.45, 2.75) is 6.04 Å². The normalized spacial score (nSPS) is 11.5. The van der Waals surface area contributed by atoms with Crippen LogP contribution in [0.3, 0.4) is 0 Å². The van der Waals surface area contributed by atoms with Crippen LogP contribution >= 0.6 is 0 Å². The van der Waals surface area contributed by atoms with E-state index in [1.54, 1.807) is 24.5 Å².